The Labute approximate surface area is 133 Å². The molecule has 116 valence electrons. The van der Waals surface area contributed by atoms with E-state index in [1.165, 1.54) is 38.2 Å². The second-order valence-corrected chi connectivity index (χ2v) is 6.11. The summed E-state index contributed by atoms with van der Waals surface area (Å²) in [5.41, 5.74) is 0.995. The Hall–Kier alpha value is -0.980. The van der Waals surface area contributed by atoms with Crippen molar-refractivity contribution in [1.82, 2.24) is 5.32 Å². The van der Waals surface area contributed by atoms with Crippen molar-refractivity contribution < 1.29 is 9.66 Å². The lowest BCUT2D eigenvalue weighted by Gasteiger charge is -2.22. The Morgan fingerprint density at radius 2 is 2.10 bits per heavy atom. The zero-order valence-corrected chi connectivity index (χ0v) is 13.6. The number of nitro benzene ring substituents is 1. The van der Waals surface area contributed by atoms with Crippen LogP contribution in [0.4, 0.5) is 5.69 Å². The van der Waals surface area contributed by atoms with Crippen LogP contribution in [-0.4, -0.2) is 24.2 Å². The van der Waals surface area contributed by atoms with Gasteiger partial charge in [-0.15, -0.1) is 0 Å². The largest absolute Gasteiger partial charge is 0.377 e. The van der Waals surface area contributed by atoms with E-state index in [1.807, 2.05) is 6.07 Å². The second kappa shape index (κ2) is 8.46. The van der Waals surface area contributed by atoms with E-state index in [9.17, 15) is 10.1 Å². The van der Waals surface area contributed by atoms with Gasteiger partial charge in [0.25, 0.3) is 5.69 Å². The number of benzene rings is 1. The molecule has 2 rings (SSSR count). The molecular formula is C15H21BrN2O3. The number of nitrogens with zero attached hydrogens (tertiary/aromatic N) is 1. The summed E-state index contributed by atoms with van der Waals surface area (Å²) in [6, 6.07) is 5.09. The quantitative estimate of drug-likeness (QED) is 0.458. The van der Waals surface area contributed by atoms with Gasteiger partial charge in [0.15, 0.2) is 0 Å². The van der Waals surface area contributed by atoms with E-state index in [4.69, 9.17) is 4.74 Å². The summed E-state index contributed by atoms with van der Waals surface area (Å²) in [5, 5.41) is 14.1. The van der Waals surface area contributed by atoms with Crippen molar-refractivity contribution >= 4 is 21.6 Å². The number of hydrogen-bond donors (Lipinski definition) is 1. The minimum atomic E-state index is -0.375. The third-order valence-corrected chi connectivity index (χ3v) is 4.67. The molecule has 0 spiro atoms. The monoisotopic (exact) mass is 356 g/mol. The van der Waals surface area contributed by atoms with Gasteiger partial charge in [-0.2, -0.15) is 0 Å². The van der Waals surface area contributed by atoms with E-state index in [1.54, 1.807) is 6.07 Å². The Bertz CT molecular complexity index is 476. The van der Waals surface area contributed by atoms with Crippen LogP contribution in [0.2, 0.25) is 0 Å². The van der Waals surface area contributed by atoms with Crippen molar-refractivity contribution in [3.8, 4) is 0 Å². The molecule has 21 heavy (non-hydrogen) atoms. The van der Waals surface area contributed by atoms with Gasteiger partial charge in [-0.3, -0.25) is 10.1 Å². The van der Waals surface area contributed by atoms with Gasteiger partial charge in [0, 0.05) is 19.2 Å². The summed E-state index contributed by atoms with van der Waals surface area (Å²) in [4.78, 5) is 10.5. The van der Waals surface area contributed by atoms with Crippen LogP contribution in [0.25, 0.3) is 0 Å². The lowest BCUT2D eigenvalue weighted by Crippen LogP contribution is -2.24. The maximum absolute atomic E-state index is 10.9. The zero-order valence-electron chi connectivity index (χ0n) is 12.0. The molecule has 1 saturated carbocycles. The molecule has 6 heteroatoms. The molecule has 0 heterocycles. The van der Waals surface area contributed by atoms with Crippen LogP contribution in [0.1, 0.15) is 37.7 Å². The molecule has 0 aliphatic heterocycles. The molecule has 1 fully saturated rings. The average molecular weight is 357 g/mol. The van der Waals surface area contributed by atoms with E-state index in [0.717, 1.165) is 12.1 Å². The summed E-state index contributed by atoms with van der Waals surface area (Å²) in [6.45, 7) is 2.04. The van der Waals surface area contributed by atoms with Gasteiger partial charge in [-0.25, -0.2) is 0 Å². The van der Waals surface area contributed by atoms with Gasteiger partial charge in [-0.1, -0.05) is 31.4 Å². The van der Waals surface area contributed by atoms with E-state index in [0.29, 0.717) is 23.7 Å². The summed E-state index contributed by atoms with van der Waals surface area (Å²) < 4.78 is 6.38. The fraction of sp³-hybridized carbons (Fsp3) is 0.600. The van der Waals surface area contributed by atoms with Gasteiger partial charge in [0.05, 0.1) is 22.1 Å². The molecule has 1 aromatic rings. The maximum Gasteiger partial charge on any atom is 0.283 e. The predicted molar refractivity (Wildman–Crippen MR) is 85.3 cm³/mol. The van der Waals surface area contributed by atoms with Crippen molar-refractivity contribution in [3.63, 3.8) is 0 Å². The Balaban J connectivity index is 1.71. The van der Waals surface area contributed by atoms with Crippen molar-refractivity contribution in [3.05, 3.63) is 38.3 Å². The van der Waals surface area contributed by atoms with Gasteiger partial charge in [-0.05, 0) is 34.3 Å². The molecule has 0 radical (unpaired) electrons. The number of ether oxygens (including phenoxy) is 1. The first-order valence-electron chi connectivity index (χ1n) is 7.42. The van der Waals surface area contributed by atoms with Gasteiger partial charge >= 0.3 is 0 Å². The Morgan fingerprint density at radius 1 is 1.33 bits per heavy atom. The molecule has 0 amide bonds. The number of nitrogens with one attached hydrogen (secondary N) is 1. The molecule has 0 saturated heterocycles. The fourth-order valence-electron chi connectivity index (χ4n) is 2.60. The minimum Gasteiger partial charge on any atom is -0.377 e. The van der Waals surface area contributed by atoms with Gasteiger partial charge in [0.2, 0.25) is 0 Å². The maximum atomic E-state index is 10.9. The van der Waals surface area contributed by atoms with Crippen LogP contribution < -0.4 is 5.32 Å². The lowest BCUT2D eigenvalue weighted by atomic mass is 9.98. The predicted octanol–water partition coefficient (Wildman–Crippen LogP) is 3.80. The van der Waals surface area contributed by atoms with Crippen LogP contribution in [0.15, 0.2) is 22.7 Å². The van der Waals surface area contributed by atoms with E-state index >= 15 is 0 Å². The smallest absolute Gasteiger partial charge is 0.283 e. The summed E-state index contributed by atoms with van der Waals surface area (Å²) in [5.74, 6) is 0. The molecule has 1 aromatic carbocycles. The van der Waals surface area contributed by atoms with Crippen molar-refractivity contribution in [2.24, 2.45) is 0 Å². The molecular weight excluding hydrogens is 336 g/mol. The Kier molecular flexibility index (Phi) is 6.60. The zero-order chi connectivity index (χ0) is 15.1. The van der Waals surface area contributed by atoms with Crippen LogP contribution in [0, 0.1) is 10.1 Å². The molecule has 5 nitrogen and oxygen atoms in total. The van der Waals surface area contributed by atoms with Gasteiger partial charge in [0.1, 0.15) is 0 Å². The van der Waals surface area contributed by atoms with Gasteiger partial charge < -0.3 is 10.1 Å². The molecule has 0 aromatic heterocycles. The number of halogens is 1. The molecule has 1 aliphatic rings. The minimum absolute atomic E-state index is 0.104. The second-order valence-electron chi connectivity index (χ2n) is 5.31. The number of nitro groups is 1. The third-order valence-electron chi connectivity index (χ3n) is 3.76. The van der Waals surface area contributed by atoms with Crippen molar-refractivity contribution in [2.75, 3.05) is 13.2 Å². The fourth-order valence-corrected chi connectivity index (χ4v) is 3.15. The van der Waals surface area contributed by atoms with E-state index in [2.05, 4.69) is 21.2 Å². The Morgan fingerprint density at radius 3 is 2.81 bits per heavy atom. The highest BCUT2D eigenvalue weighted by atomic mass is 79.9. The first-order valence-corrected chi connectivity index (χ1v) is 8.22. The standard InChI is InChI=1S/C15H21BrN2O3/c16-15-12(5-4-8-14(15)18(19)20)11-17-9-10-21-13-6-2-1-3-7-13/h4-5,8,13,17H,1-3,6-7,9-11H2. The lowest BCUT2D eigenvalue weighted by molar-refractivity contribution is -0.385. The number of hydrogen-bond acceptors (Lipinski definition) is 4. The van der Waals surface area contributed by atoms with Crippen LogP contribution >= 0.6 is 15.9 Å². The van der Waals surface area contributed by atoms with Crippen LogP contribution in [0.3, 0.4) is 0 Å². The molecule has 0 atom stereocenters. The topological polar surface area (TPSA) is 64.4 Å². The SMILES string of the molecule is O=[N+]([O-])c1cccc(CNCCOC2CCCCC2)c1Br. The highest BCUT2D eigenvalue weighted by Gasteiger charge is 2.15. The van der Waals surface area contributed by atoms with E-state index in [-0.39, 0.29) is 10.6 Å². The summed E-state index contributed by atoms with van der Waals surface area (Å²) in [7, 11) is 0. The molecule has 1 N–H and O–H groups in total. The normalized spacial score (nSPS) is 16.0. The highest BCUT2D eigenvalue weighted by molar-refractivity contribution is 9.10. The summed E-state index contributed by atoms with van der Waals surface area (Å²) >= 11 is 3.30. The van der Waals surface area contributed by atoms with Crippen molar-refractivity contribution in [2.45, 2.75) is 44.8 Å². The summed E-state index contributed by atoms with van der Waals surface area (Å²) in [6.07, 6.45) is 6.66. The first kappa shape index (κ1) is 16.4. The average Bonchev–Trinajstić information content (AvgIpc) is 2.49. The molecule has 1 aliphatic carbocycles. The number of rotatable bonds is 7. The third kappa shape index (κ3) is 5.05. The van der Waals surface area contributed by atoms with Crippen molar-refractivity contribution in [1.29, 1.82) is 0 Å². The van der Waals surface area contributed by atoms with Crippen LogP contribution in [0.5, 0.6) is 0 Å². The first-order chi connectivity index (χ1) is 10.2. The van der Waals surface area contributed by atoms with E-state index < -0.39 is 0 Å². The molecule has 0 unspecified atom stereocenters. The highest BCUT2D eigenvalue weighted by Crippen LogP contribution is 2.28. The van der Waals surface area contributed by atoms with Crippen LogP contribution in [-0.2, 0) is 11.3 Å². The molecule has 0 bridgehead atoms.